The van der Waals surface area contributed by atoms with E-state index in [1.54, 1.807) is 16.2 Å². The molecule has 1 atom stereocenters. The summed E-state index contributed by atoms with van der Waals surface area (Å²) < 4.78 is 0. The second-order valence-electron chi connectivity index (χ2n) is 5.09. The molecule has 1 aromatic heterocycles. The highest BCUT2D eigenvalue weighted by Gasteiger charge is 2.32. The van der Waals surface area contributed by atoms with Crippen molar-refractivity contribution >= 4 is 34.5 Å². The fourth-order valence-electron chi connectivity index (χ4n) is 2.73. The molecule has 3 rings (SSSR count). The summed E-state index contributed by atoms with van der Waals surface area (Å²) in [6.45, 7) is 0.675. The number of non-ortho nitro benzene ring substituents is 1. The van der Waals surface area contributed by atoms with Crippen LogP contribution in [0, 0.1) is 10.1 Å². The summed E-state index contributed by atoms with van der Waals surface area (Å²) in [5, 5.41) is 12.9. The van der Waals surface area contributed by atoms with E-state index in [1.165, 1.54) is 18.2 Å². The highest BCUT2D eigenvalue weighted by Crippen LogP contribution is 2.36. The van der Waals surface area contributed by atoms with Crippen molar-refractivity contribution in [1.29, 1.82) is 0 Å². The first-order chi connectivity index (χ1) is 10.6. The van der Waals surface area contributed by atoms with Crippen LogP contribution in [-0.2, 0) is 0 Å². The highest BCUT2D eigenvalue weighted by atomic mass is 35.5. The van der Waals surface area contributed by atoms with Crippen LogP contribution in [0.1, 0.15) is 34.1 Å². The number of nitro groups is 1. The normalized spacial score (nSPS) is 17.7. The summed E-state index contributed by atoms with van der Waals surface area (Å²) in [6, 6.07) is 8.05. The molecule has 1 unspecified atom stereocenters. The molecule has 1 fully saturated rings. The van der Waals surface area contributed by atoms with Gasteiger partial charge >= 0.3 is 0 Å². The zero-order valence-electron chi connectivity index (χ0n) is 11.6. The molecular formula is C15H13ClN2O3S. The number of hydrogen-bond donors (Lipinski definition) is 0. The minimum Gasteiger partial charge on any atom is -0.331 e. The van der Waals surface area contributed by atoms with Crippen LogP contribution in [0.15, 0.2) is 35.7 Å². The molecule has 0 radical (unpaired) electrons. The molecule has 0 saturated carbocycles. The van der Waals surface area contributed by atoms with Crippen LogP contribution in [0.3, 0.4) is 0 Å². The van der Waals surface area contributed by atoms with Crippen molar-refractivity contribution in [3.8, 4) is 0 Å². The Morgan fingerprint density at radius 2 is 2.23 bits per heavy atom. The number of benzene rings is 1. The number of rotatable bonds is 3. The summed E-state index contributed by atoms with van der Waals surface area (Å²) in [5.41, 5.74) is 0.202. The number of nitro benzene ring substituents is 1. The van der Waals surface area contributed by atoms with Crippen LogP contribution in [0.5, 0.6) is 0 Å². The molecule has 0 N–H and O–H groups in total. The Kier molecular flexibility index (Phi) is 4.13. The van der Waals surface area contributed by atoms with Gasteiger partial charge in [0.2, 0.25) is 0 Å². The first kappa shape index (κ1) is 15.0. The Morgan fingerprint density at radius 1 is 1.41 bits per heavy atom. The molecule has 2 heterocycles. The third-order valence-electron chi connectivity index (χ3n) is 3.78. The number of halogens is 1. The second-order valence-corrected chi connectivity index (χ2v) is 6.48. The van der Waals surface area contributed by atoms with Crippen LogP contribution < -0.4 is 0 Å². The Hall–Kier alpha value is -1.92. The zero-order chi connectivity index (χ0) is 15.7. The molecule has 0 aliphatic carbocycles. The smallest absolute Gasteiger partial charge is 0.270 e. The lowest BCUT2D eigenvalue weighted by atomic mass is 10.1. The van der Waals surface area contributed by atoms with Gasteiger partial charge in [-0.2, -0.15) is 0 Å². The van der Waals surface area contributed by atoms with E-state index in [9.17, 15) is 14.9 Å². The molecule has 5 nitrogen and oxygen atoms in total. The van der Waals surface area contributed by atoms with Crippen molar-refractivity contribution in [2.24, 2.45) is 0 Å². The van der Waals surface area contributed by atoms with E-state index in [0.29, 0.717) is 12.1 Å². The summed E-state index contributed by atoms with van der Waals surface area (Å²) in [5.74, 6) is -0.171. The van der Waals surface area contributed by atoms with Crippen LogP contribution >= 0.6 is 22.9 Å². The van der Waals surface area contributed by atoms with Crippen molar-refractivity contribution in [3.05, 3.63) is 61.3 Å². The number of thiophene rings is 1. The molecule has 1 amide bonds. The summed E-state index contributed by atoms with van der Waals surface area (Å²) in [6.07, 6.45) is 1.87. The molecule has 0 spiro atoms. The Labute approximate surface area is 136 Å². The molecular weight excluding hydrogens is 324 g/mol. The molecule has 1 aliphatic heterocycles. The van der Waals surface area contributed by atoms with Gasteiger partial charge in [-0.1, -0.05) is 17.7 Å². The number of nitrogens with zero attached hydrogens (tertiary/aromatic N) is 2. The van der Waals surface area contributed by atoms with Crippen LogP contribution in [0.2, 0.25) is 5.02 Å². The number of amides is 1. The summed E-state index contributed by atoms with van der Waals surface area (Å²) in [4.78, 5) is 25.9. The van der Waals surface area contributed by atoms with Gasteiger partial charge in [-0.25, -0.2) is 0 Å². The van der Waals surface area contributed by atoms with Crippen molar-refractivity contribution in [1.82, 2.24) is 4.90 Å². The van der Waals surface area contributed by atoms with Gasteiger partial charge in [0, 0.05) is 23.6 Å². The first-order valence-corrected chi connectivity index (χ1v) is 8.12. The molecule has 22 heavy (non-hydrogen) atoms. The molecule has 1 aliphatic rings. The molecule has 114 valence electrons. The SMILES string of the molecule is O=C(c1ccc([N+](=O)[O-])cc1Cl)N1CCCC1c1cccs1. The monoisotopic (exact) mass is 336 g/mol. The number of hydrogen-bond acceptors (Lipinski definition) is 4. The Morgan fingerprint density at radius 3 is 2.86 bits per heavy atom. The minimum absolute atomic E-state index is 0.0683. The Balaban J connectivity index is 1.89. The number of carbonyl (C=O) groups excluding carboxylic acids is 1. The minimum atomic E-state index is -0.523. The van der Waals surface area contributed by atoms with E-state index >= 15 is 0 Å². The molecule has 0 bridgehead atoms. The lowest BCUT2D eigenvalue weighted by Crippen LogP contribution is -2.30. The van der Waals surface area contributed by atoms with Crippen LogP contribution in [0.4, 0.5) is 5.69 Å². The number of likely N-dealkylation sites (tertiary alicyclic amines) is 1. The summed E-state index contributed by atoms with van der Waals surface area (Å²) in [7, 11) is 0. The van der Waals surface area contributed by atoms with Crippen LogP contribution in [-0.4, -0.2) is 22.3 Å². The predicted octanol–water partition coefficient (Wildman–Crippen LogP) is 4.29. The van der Waals surface area contributed by atoms with E-state index in [1.807, 2.05) is 17.5 Å². The fourth-order valence-corrected chi connectivity index (χ4v) is 3.86. The van der Waals surface area contributed by atoms with Gasteiger partial charge in [0.25, 0.3) is 11.6 Å². The van der Waals surface area contributed by atoms with Crippen molar-refractivity contribution in [2.75, 3.05) is 6.54 Å². The lowest BCUT2D eigenvalue weighted by molar-refractivity contribution is -0.384. The fraction of sp³-hybridized carbons (Fsp3) is 0.267. The second kappa shape index (κ2) is 6.06. The average molecular weight is 337 g/mol. The van der Waals surface area contributed by atoms with E-state index in [2.05, 4.69) is 0 Å². The first-order valence-electron chi connectivity index (χ1n) is 6.86. The lowest BCUT2D eigenvalue weighted by Gasteiger charge is -2.24. The zero-order valence-corrected chi connectivity index (χ0v) is 13.1. The summed E-state index contributed by atoms with van der Waals surface area (Å²) >= 11 is 7.70. The molecule has 2 aromatic rings. The van der Waals surface area contributed by atoms with Gasteiger partial charge in [-0.3, -0.25) is 14.9 Å². The third kappa shape index (κ3) is 2.71. The van der Waals surface area contributed by atoms with Gasteiger partial charge in [-0.05, 0) is 30.4 Å². The van der Waals surface area contributed by atoms with Gasteiger partial charge in [0.15, 0.2) is 0 Å². The van der Waals surface area contributed by atoms with E-state index in [0.717, 1.165) is 17.7 Å². The maximum Gasteiger partial charge on any atom is 0.270 e. The average Bonchev–Trinajstić information content (AvgIpc) is 3.16. The van der Waals surface area contributed by atoms with Crippen molar-refractivity contribution in [2.45, 2.75) is 18.9 Å². The van der Waals surface area contributed by atoms with Gasteiger partial charge in [0.1, 0.15) is 0 Å². The van der Waals surface area contributed by atoms with Crippen molar-refractivity contribution in [3.63, 3.8) is 0 Å². The quantitative estimate of drug-likeness (QED) is 0.620. The molecule has 7 heteroatoms. The molecule has 1 aromatic carbocycles. The van der Waals surface area contributed by atoms with Gasteiger partial charge in [-0.15, -0.1) is 11.3 Å². The van der Waals surface area contributed by atoms with E-state index in [4.69, 9.17) is 11.6 Å². The van der Waals surface area contributed by atoms with Gasteiger partial charge < -0.3 is 4.90 Å². The van der Waals surface area contributed by atoms with Crippen LogP contribution in [0.25, 0.3) is 0 Å². The van der Waals surface area contributed by atoms with E-state index in [-0.39, 0.29) is 22.7 Å². The maximum absolute atomic E-state index is 12.7. The van der Waals surface area contributed by atoms with Crippen molar-refractivity contribution < 1.29 is 9.72 Å². The van der Waals surface area contributed by atoms with Gasteiger partial charge in [0.05, 0.1) is 21.6 Å². The largest absolute Gasteiger partial charge is 0.331 e. The predicted molar refractivity (Wildman–Crippen MR) is 85.4 cm³/mol. The highest BCUT2D eigenvalue weighted by molar-refractivity contribution is 7.10. The molecule has 1 saturated heterocycles. The van der Waals surface area contributed by atoms with E-state index < -0.39 is 4.92 Å². The topological polar surface area (TPSA) is 63.4 Å². The standard InChI is InChI=1S/C15H13ClN2O3S/c16-12-9-10(18(20)21)5-6-11(12)15(19)17-7-1-3-13(17)14-4-2-8-22-14/h2,4-6,8-9,13H,1,3,7H2. The maximum atomic E-state index is 12.7. The number of carbonyl (C=O) groups is 1. The third-order valence-corrected chi connectivity index (χ3v) is 5.07. The Bertz CT molecular complexity index is 718.